The number of methoxy groups -OCH3 is 1. The highest BCUT2D eigenvalue weighted by molar-refractivity contribution is 6.30. The number of halogens is 1. The lowest BCUT2D eigenvalue weighted by Crippen LogP contribution is -2.33. The van der Waals surface area contributed by atoms with Gasteiger partial charge in [0.1, 0.15) is 5.75 Å². The van der Waals surface area contributed by atoms with Gasteiger partial charge in [-0.25, -0.2) is 0 Å². The van der Waals surface area contributed by atoms with Crippen molar-refractivity contribution < 1.29 is 9.53 Å². The molecule has 0 aliphatic rings. The zero-order valence-electron chi connectivity index (χ0n) is 14.2. The molecule has 0 aromatic heterocycles. The summed E-state index contributed by atoms with van der Waals surface area (Å²) in [4.78, 5) is 12.2. The molecule has 2 rings (SSSR count). The Balaban J connectivity index is 1.99. The summed E-state index contributed by atoms with van der Waals surface area (Å²) in [6.07, 6.45) is 0. The van der Waals surface area contributed by atoms with Crippen molar-refractivity contribution in [1.29, 1.82) is 0 Å². The smallest absolute Gasteiger partial charge is 0.238 e. The average molecular weight is 347 g/mol. The summed E-state index contributed by atoms with van der Waals surface area (Å²) < 4.78 is 5.24. The Hall–Kier alpha value is -2.04. The van der Waals surface area contributed by atoms with E-state index in [4.69, 9.17) is 16.3 Å². The Labute approximate surface area is 148 Å². The molecule has 2 aromatic rings. The van der Waals surface area contributed by atoms with Gasteiger partial charge in [-0.1, -0.05) is 49.7 Å². The van der Waals surface area contributed by atoms with E-state index in [2.05, 4.69) is 24.5 Å². The van der Waals surface area contributed by atoms with Crippen LogP contribution in [0.1, 0.15) is 25.5 Å². The Bertz CT molecular complexity index is 671. The van der Waals surface area contributed by atoms with Crippen molar-refractivity contribution in [1.82, 2.24) is 5.32 Å². The van der Waals surface area contributed by atoms with Crippen molar-refractivity contribution in [2.75, 3.05) is 19.0 Å². The molecule has 0 bridgehead atoms. The van der Waals surface area contributed by atoms with Gasteiger partial charge < -0.3 is 15.4 Å². The van der Waals surface area contributed by atoms with E-state index in [1.54, 1.807) is 7.11 Å². The Morgan fingerprint density at radius 3 is 2.42 bits per heavy atom. The highest BCUT2D eigenvalue weighted by Gasteiger charge is 2.17. The fourth-order valence-corrected chi connectivity index (χ4v) is 2.68. The summed E-state index contributed by atoms with van der Waals surface area (Å²) >= 11 is 5.95. The number of nitrogens with one attached hydrogen (secondary N) is 2. The summed E-state index contributed by atoms with van der Waals surface area (Å²) in [6.45, 7) is 4.44. The van der Waals surface area contributed by atoms with Crippen LogP contribution in [0.4, 0.5) is 5.69 Å². The topological polar surface area (TPSA) is 50.4 Å². The molecule has 1 amide bonds. The highest BCUT2D eigenvalue weighted by atomic mass is 35.5. The Morgan fingerprint density at radius 2 is 1.79 bits per heavy atom. The average Bonchev–Trinajstić information content (AvgIpc) is 2.57. The molecule has 0 aliphatic heterocycles. The number of hydrogen-bond acceptors (Lipinski definition) is 3. The van der Waals surface area contributed by atoms with E-state index in [0.29, 0.717) is 22.4 Å². The van der Waals surface area contributed by atoms with E-state index in [1.807, 2.05) is 48.5 Å². The van der Waals surface area contributed by atoms with E-state index in [1.165, 1.54) is 0 Å². The van der Waals surface area contributed by atoms with Crippen LogP contribution in [-0.2, 0) is 4.79 Å². The normalized spacial score (nSPS) is 12.0. The number of benzene rings is 2. The van der Waals surface area contributed by atoms with E-state index in [9.17, 15) is 4.79 Å². The molecule has 0 unspecified atom stereocenters. The van der Waals surface area contributed by atoms with Crippen molar-refractivity contribution in [3.8, 4) is 5.75 Å². The summed E-state index contributed by atoms with van der Waals surface area (Å²) in [5.41, 5.74) is 1.78. The van der Waals surface area contributed by atoms with Crippen molar-refractivity contribution in [3.05, 3.63) is 59.1 Å². The minimum absolute atomic E-state index is 0.0747. The summed E-state index contributed by atoms with van der Waals surface area (Å²) in [7, 11) is 1.58. The van der Waals surface area contributed by atoms with Crippen LogP contribution in [0.2, 0.25) is 5.02 Å². The van der Waals surface area contributed by atoms with Crippen molar-refractivity contribution in [2.24, 2.45) is 5.92 Å². The van der Waals surface area contributed by atoms with Gasteiger partial charge in [0, 0.05) is 11.1 Å². The van der Waals surface area contributed by atoms with Crippen LogP contribution in [0.15, 0.2) is 48.5 Å². The molecular weight excluding hydrogens is 324 g/mol. The number of ether oxygens (including phenoxy) is 1. The largest absolute Gasteiger partial charge is 0.495 e. The van der Waals surface area contributed by atoms with Crippen LogP contribution >= 0.6 is 11.6 Å². The molecule has 5 heteroatoms. The van der Waals surface area contributed by atoms with Gasteiger partial charge >= 0.3 is 0 Å². The maximum Gasteiger partial charge on any atom is 0.238 e. The highest BCUT2D eigenvalue weighted by Crippen LogP contribution is 2.24. The summed E-state index contributed by atoms with van der Waals surface area (Å²) in [5.74, 6) is 0.869. The zero-order chi connectivity index (χ0) is 17.5. The fraction of sp³-hybridized carbons (Fsp3) is 0.316. The second kappa shape index (κ2) is 8.71. The molecule has 4 nitrogen and oxygen atoms in total. The number of anilines is 1. The predicted octanol–water partition coefficient (Wildman–Crippen LogP) is 4.27. The lowest BCUT2D eigenvalue weighted by Gasteiger charge is -2.23. The van der Waals surface area contributed by atoms with E-state index >= 15 is 0 Å². The maximum absolute atomic E-state index is 12.2. The second-order valence-corrected chi connectivity index (χ2v) is 6.34. The van der Waals surface area contributed by atoms with E-state index < -0.39 is 0 Å². The molecule has 0 heterocycles. The molecular formula is C19H23ClN2O2. The molecule has 24 heavy (non-hydrogen) atoms. The first-order valence-electron chi connectivity index (χ1n) is 7.93. The Morgan fingerprint density at radius 1 is 1.12 bits per heavy atom. The monoisotopic (exact) mass is 346 g/mol. The molecule has 0 radical (unpaired) electrons. The number of carbonyl (C=O) groups is 1. The summed E-state index contributed by atoms with van der Waals surface area (Å²) in [5, 5.41) is 6.89. The van der Waals surface area contributed by atoms with E-state index in [-0.39, 0.29) is 18.5 Å². The third kappa shape index (κ3) is 4.98. The number of rotatable bonds is 7. The quantitative estimate of drug-likeness (QED) is 0.787. The van der Waals surface area contributed by atoms with Crippen molar-refractivity contribution in [2.45, 2.75) is 19.9 Å². The van der Waals surface area contributed by atoms with Crippen LogP contribution in [0.25, 0.3) is 0 Å². The lowest BCUT2D eigenvalue weighted by molar-refractivity contribution is -0.115. The number of hydrogen-bond donors (Lipinski definition) is 2. The van der Waals surface area contributed by atoms with E-state index in [0.717, 1.165) is 5.56 Å². The van der Waals surface area contributed by atoms with Crippen LogP contribution in [0.5, 0.6) is 5.75 Å². The van der Waals surface area contributed by atoms with Gasteiger partial charge in [0.2, 0.25) is 5.91 Å². The molecule has 0 saturated carbocycles. The minimum Gasteiger partial charge on any atom is -0.495 e. The lowest BCUT2D eigenvalue weighted by atomic mass is 9.96. The van der Waals surface area contributed by atoms with Crippen LogP contribution in [0, 0.1) is 5.92 Å². The first-order valence-corrected chi connectivity index (χ1v) is 8.30. The number of carbonyl (C=O) groups excluding carboxylic acids is 1. The minimum atomic E-state index is -0.112. The van der Waals surface area contributed by atoms with Crippen LogP contribution in [0.3, 0.4) is 0 Å². The first kappa shape index (κ1) is 18.3. The third-order valence-corrected chi connectivity index (χ3v) is 4.01. The summed E-state index contributed by atoms with van der Waals surface area (Å²) in [6, 6.07) is 15.1. The van der Waals surface area contributed by atoms with Crippen molar-refractivity contribution in [3.63, 3.8) is 0 Å². The number of para-hydroxylation sites is 2. The van der Waals surface area contributed by atoms with Gasteiger partial charge in [0.25, 0.3) is 0 Å². The molecule has 0 aliphatic carbocycles. The molecule has 0 spiro atoms. The SMILES string of the molecule is COc1ccccc1NC(=O)CN[C@H](c1ccc(Cl)cc1)C(C)C. The molecule has 2 N–H and O–H groups in total. The Kier molecular flexibility index (Phi) is 6.64. The third-order valence-electron chi connectivity index (χ3n) is 3.76. The molecule has 2 aromatic carbocycles. The second-order valence-electron chi connectivity index (χ2n) is 5.90. The van der Waals surface area contributed by atoms with Crippen molar-refractivity contribution >= 4 is 23.2 Å². The van der Waals surface area contributed by atoms with Gasteiger partial charge in [0.15, 0.2) is 0 Å². The maximum atomic E-state index is 12.2. The van der Waals surface area contributed by atoms with Gasteiger partial charge in [0.05, 0.1) is 19.3 Å². The standard InChI is InChI=1S/C19H23ClN2O2/c1-13(2)19(14-8-10-15(20)11-9-14)21-12-18(23)22-16-6-4-5-7-17(16)24-3/h4-11,13,19,21H,12H2,1-3H3,(H,22,23)/t19-/m0/s1. The predicted molar refractivity (Wildman–Crippen MR) is 98.7 cm³/mol. The molecule has 128 valence electrons. The molecule has 0 saturated heterocycles. The number of amides is 1. The first-order chi connectivity index (χ1) is 11.5. The van der Waals surface area contributed by atoms with Crippen LogP contribution < -0.4 is 15.4 Å². The van der Waals surface area contributed by atoms with Gasteiger partial charge in [-0.05, 0) is 35.7 Å². The molecule has 0 fully saturated rings. The van der Waals surface area contributed by atoms with Gasteiger partial charge in [-0.2, -0.15) is 0 Å². The van der Waals surface area contributed by atoms with Gasteiger partial charge in [-0.3, -0.25) is 4.79 Å². The zero-order valence-corrected chi connectivity index (χ0v) is 14.9. The van der Waals surface area contributed by atoms with Crippen LogP contribution in [-0.4, -0.2) is 19.6 Å². The molecule has 1 atom stereocenters. The fourth-order valence-electron chi connectivity index (χ4n) is 2.55. The van der Waals surface area contributed by atoms with Gasteiger partial charge in [-0.15, -0.1) is 0 Å².